The van der Waals surface area contributed by atoms with E-state index in [0.29, 0.717) is 6.42 Å². The molecule has 1 fully saturated rings. The summed E-state index contributed by atoms with van der Waals surface area (Å²) in [4.78, 5) is 16.0. The third-order valence-electron chi connectivity index (χ3n) is 3.28. The molecular formula is C13H22N4O2. The van der Waals surface area contributed by atoms with E-state index in [9.17, 15) is 4.79 Å². The second-order valence-corrected chi connectivity index (χ2v) is 5.27. The van der Waals surface area contributed by atoms with E-state index in [1.165, 1.54) is 0 Å². The molecule has 6 heteroatoms. The van der Waals surface area contributed by atoms with Gasteiger partial charge in [0, 0.05) is 44.7 Å². The van der Waals surface area contributed by atoms with E-state index in [2.05, 4.69) is 10.1 Å². The fourth-order valence-corrected chi connectivity index (χ4v) is 2.27. The first-order valence-electron chi connectivity index (χ1n) is 6.72. The Morgan fingerprint density at radius 3 is 2.68 bits per heavy atom. The zero-order chi connectivity index (χ0) is 13.8. The van der Waals surface area contributed by atoms with E-state index in [4.69, 9.17) is 10.3 Å². The van der Waals surface area contributed by atoms with Gasteiger partial charge in [0.05, 0.1) is 12.2 Å². The summed E-state index contributed by atoms with van der Waals surface area (Å²) in [6.07, 6.45) is 0.432. The molecule has 1 atom stereocenters. The normalized spacial score (nSPS) is 18.6. The molecule has 0 aliphatic carbocycles. The molecular weight excluding hydrogens is 244 g/mol. The van der Waals surface area contributed by atoms with Gasteiger partial charge >= 0.3 is 0 Å². The van der Waals surface area contributed by atoms with Crippen molar-refractivity contribution in [2.75, 3.05) is 26.2 Å². The molecule has 1 aliphatic heterocycles. The van der Waals surface area contributed by atoms with Gasteiger partial charge in [-0.3, -0.25) is 9.69 Å². The van der Waals surface area contributed by atoms with Crippen LogP contribution >= 0.6 is 0 Å². The standard InChI is InChI=1S/C13H22N4O2/c1-10(14)7-13(18)17-5-3-16(4-6-17)9-12-8-11(2)15-19-12/h8,10H,3-7,9,14H2,1-2H3. The van der Waals surface area contributed by atoms with E-state index < -0.39 is 0 Å². The van der Waals surface area contributed by atoms with Crippen LogP contribution in [0.3, 0.4) is 0 Å². The zero-order valence-corrected chi connectivity index (χ0v) is 11.6. The summed E-state index contributed by atoms with van der Waals surface area (Å²) in [5, 5.41) is 3.88. The molecule has 6 nitrogen and oxygen atoms in total. The number of aromatic nitrogens is 1. The number of hydrogen-bond acceptors (Lipinski definition) is 5. The van der Waals surface area contributed by atoms with Crippen molar-refractivity contribution in [1.29, 1.82) is 0 Å². The Morgan fingerprint density at radius 2 is 2.16 bits per heavy atom. The predicted octanol–water partition coefficient (Wildman–Crippen LogP) is 0.365. The van der Waals surface area contributed by atoms with Crippen LogP contribution < -0.4 is 5.73 Å². The Bertz CT molecular complexity index is 422. The maximum atomic E-state index is 11.9. The molecule has 1 aromatic rings. The molecule has 19 heavy (non-hydrogen) atoms. The Balaban J connectivity index is 1.77. The van der Waals surface area contributed by atoms with Crippen molar-refractivity contribution in [3.8, 4) is 0 Å². The highest BCUT2D eigenvalue weighted by molar-refractivity contribution is 5.76. The molecule has 0 aromatic carbocycles. The number of carbonyl (C=O) groups excluding carboxylic acids is 1. The summed E-state index contributed by atoms with van der Waals surface area (Å²) in [6.45, 7) is 7.79. The molecule has 1 unspecified atom stereocenters. The highest BCUT2D eigenvalue weighted by Gasteiger charge is 2.22. The Kier molecular flexibility index (Phi) is 4.55. The molecule has 2 rings (SSSR count). The Labute approximate surface area is 113 Å². The average Bonchev–Trinajstić information content (AvgIpc) is 2.75. The molecule has 2 heterocycles. The second kappa shape index (κ2) is 6.16. The third-order valence-corrected chi connectivity index (χ3v) is 3.28. The van der Waals surface area contributed by atoms with Crippen molar-refractivity contribution in [2.24, 2.45) is 5.73 Å². The van der Waals surface area contributed by atoms with Crippen molar-refractivity contribution in [2.45, 2.75) is 32.9 Å². The molecule has 2 N–H and O–H groups in total. The molecule has 1 amide bonds. The predicted molar refractivity (Wildman–Crippen MR) is 71.4 cm³/mol. The van der Waals surface area contributed by atoms with Crippen molar-refractivity contribution in [3.63, 3.8) is 0 Å². The fourth-order valence-electron chi connectivity index (χ4n) is 2.27. The average molecular weight is 266 g/mol. The van der Waals surface area contributed by atoms with Gasteiger partial charge < -0.3 is 15.2 Å². The summed E-state index contributed by atoms with van der Waals surface area (Å²) in [5.41, 5.74) is 6.56. The minimum Gasteiger partial charge on any atom is -0.360 e. The van der Waals surface area contributed by atoms with Crippen LogP contribution in [0.2, 0.25) is 0 Å². The lowest BCUT2D eigenvalue weighted by molar-refractivity contribution is -0.133. The van der Waals surface area contributed by atoms with Crippen LogP contribution in [0.15, 0.2) is 10.6 Å². The molecule has 1 aromatic heterocycles. The number of piperazine rings is 1. The lowest BCUT2D eigenvalue weighted by Crippen LogP contribution is -2.49. The van der Waals surface area contributed by atoms with E-state index in [0.717, 1.165) is 44.2 Å². The largest absolute Gasteiger partial charge is 0.360 e. The lowest BCUT2D eigenvalue weighted by Gasteiger charge is -2.34. The summed E-state index contributed by atoms with van der Waals surface area (Å²) >= 11 is 0. The zero-order valence-electron chi connectivity index (χ0n) is 11.6. The minimum atomic E-state index is -0.0669. The van der Waals surface area contributed by atoms with E-state index >= 15 is 0 Å². The van der Waals surface area contributed by atoms with Crippen LogP contribution in [0.1, 0.15) is 24.8 Å². The van der Waals surface area contributed by atoms with Crippen molar-refractivity contribution >= 4 is 5.91 Å². The van der Waals surface area contributed by atoms with Crippen molar-refractivity contribution in [3.05, 3.63) is 17.5 Å². The lowest BCUT2D eigenvalue weighted by atomic mass is 10.2. The molecule has 1 aliphatic rings. The summed E-state index contributed by atoms with van der Waals surface area (Å²) in [6, 6.07) is 1.89. The number of nitrogens with zero attached hydrogens (tertiary/aromatic N) is 3. The summed E-state index contributed by atoms with van der Waals surface area (Å²) < 4.78 is 5.21. The maximum absolute atomic E-state index is 11.9. The smallest absolute Gasteiger partial charge is 0.224 e. The van der Waals surface area contributed by atoms with Crippen LogP contribution in [-0.2, 0) is 11.3 Å². The van der Waals surface area contributed by atoms with Crippen LogP contribution in [0.25, 0.3) is 0 Å². The Morgan fingerprint density at radius 1 is 1.47 bits per heavy atom. The molecule has 1 saturated heterocycles. The van der Waals surface area contributed by atoms with Crippen molar-refractivity contribution < 1.29 is 9.32 Å². The number of rotatable bonds is 4. The highest BCUT2D eigenvalue weighted by Crippen LogP contribution is 2.10. The van der Waals surface area contributed by atoms with Gasteiger partial charge in [-0.15, -0.1) is 0 Å². The van der Waals surface area contributed by atoms with Gasteiger partial charge in [-0.1, -0.05) is 5.16 Å². The number of hydrogen-bond donors (Lipinski definition) is 1. The number of carbonyl (C=O) groups is 1. The summed E-state index contributed by atoms with van der Waals surface area (Å²) in [5.74, 6) is 1.04. The first-order chi connectivity index (χ1) is 9.04. The van der Waals surface area contributed by atoms with Gasteiger partial charge in [0.25, 0.3) is 0 Å². The third kappa shape index (κ3) is 4.04. The first-order valence-corrected chi connectivity index (χ1v) is 6.72. The SMILES string of the molecule is Cc1cc(CN2CCN(C(=O)CC(C)N)CC2)on1. The van der Waals surface area contributed by atoms with Gasteiger partial charge in [-0.25, -0.2) is 0 Å². The number of nitrogens with two attached hydrogens (primary N) is 1. The quantitative estimate of drug-likeness (QED) is 0.852. The number of aryl methyl sites for hydroxylation is 1. The van der Waals surface area contributed by atoms with Gasteiger partial charge in [0.1, 0.15) is 0 Å². The monoisotopic (exact) mass is 266 g/mol. The van der Waals surface area contributed by atoms with E-state index in [1.54, 1.807) is 0 Å². The van der Waals surface area contributed by atoms with Crippen LogP contribution in [-0.4, -0.2) is 53.1 Å². The minimum absolute atomic E-state index is 0.0669. The number of amides is 1. The first kappa shape index (κ1) is 14.0. The van der Waals surface area contributed by atoms with Gasteiger partial charge in [-0.2, -0.15) is 0 Å². The van der Waals surface area contributed by atoms with E-state index in [-0.39, 0.29) is 11.9 Å². The van der Waals surface area contributed by atoms with Crippen LogP contribution in [0.5, 0.6) is 0 Å². The van der Waals surface area contributed by atoms with Gasteiger partial charge in [0.15, 0.2) is 5.76 Å². The summed E-state index contributed by atoms with van der Waals surface area (Å²) in [7, 11) is 0. The molecule has 0 spiro atoms. The topological polar surface area (TPSA) is 75.6 Å². The molecule has 0 radical (unpaired) electrons. The maximum Gasteiger partial charge on any atom is 0.224 e. The van der Waals surface area contributed by atoms with Gasteiger partial charge in [0.2, 0.25) is 5.91 Å². The molecule has 106 valence electrons. The van der Waals surface area contributed by atoms with Crippen LogP contribution in [0.4, 0.5) is 0 Å². The van der Waals surface area contributed by atoms with Crippen molar-refractivity contribution in [1.82, 2.24) is 15.0 Å². The van der Waals surface area contributed by atoms with Gasteiger partial charge in [-0.05, 0) is 13.8 Å². The Hall–Kier alpha value is -1.40. The molecule has 0 bridgehead atoms. The van der Waals surface area contributed by atoms with Crippen LogP contribution in [0, 0.1) is 6.92 Å². The second-order valence-electron chi connectivity index (χ2n) is 5.27. The highest BCUT2D eigenvalue weighted by atomic mass is 16.5. The molecule has 0 saturated carbocycles. The fraction of sp³-hybridized carbons (Fsp3) is 0.692. The van der Waals surface area contributed by atoms with E-state index in [1.807, 2.05) is 24.8 Å².